The van der Waals surface area contributed by atoms with Gasteiger partial charge in [0, 0.05) is 18.8 Å². The van der Waals surface area contributed by atoms with Crippen LogP contribution in [0.25, 0.3) is 16.8 Å². The van der Waals surface area contributed by atoms with E-state index >= 15 is 0 Å². The molecule has 4 rings (SSSR count). The van der Waals surface area contributed by atoms with E-state index < -0.39 is 10.0 Å². The summed E-state index contributed by atoms with van der Waals surface area (Å²) >= 11 is 0. The molecule has 156 valence electrons. The zero-order chi connectivity index (χ0) is 21.7. The van der Waals surface area contributed by atoms with E-state index in [1.54, 1.807) is 33.6 Å². The Morgan fingerprint density at radius 1 is 1.03 bits per heavy atom. The van der Waals surface area contributed by atoms with Gasteiger partial charge in [0.15, 0.2) is 0 Å². The Hall–Kier alpha value is -3.13. The maximum atomic E-state index is 13.0. The van der Waals surface area contributed by atoms with Gasteiger partial charge >= 0.3 is 0 Å². The number of fused-ring (bicyclic) bond motifs is 1. The first-order valence-electron chi connectivity index (χ1n) is 9.66. The molecule has 7 nitrogen and oxygen atoms in total. The van der Waals surface area contributed by atoms with Crippen molar-refractivity contribution in [1.82, 2.24) is 19.4 Å². The summed E-state index contributed by atoms with van der Waals surface area (Å²) in [7, 11) is -1.92. The Balaban J connectivity index is 1.72. The van der Waals surface area contributed by atoms with Gasteiger partial charge < -0.3 is 0 Å². The Morgan fingerprint density at radius 3 is 2.33 bits per heavy atom. The third-order valence-electron chi connectivity index (χ3n) is 5.10. The van der Waals surface area contributed by atoms with Crippen LogP contribution >= 0.6 is 0 Å². The van der Waals surface area contributed by atoms with Crippen molar-refractivity contribution in [3.05, 3.63) is 66.0 Å². The quantitative estimate of drug-likeness (QED) is 0.535. The number of rotatable bonds is 4. The van der Waals surface area contributed by atoms with Crippen LogP contribution in [0.3, 0.4) is 0 Å². The fourth-order valence-corrected chi connectivity index (χ4v) is 4.35. The fourth-order valence-electron chi connectivity index (χ4n) is 3.31. The Kier molecular flexibility index (Phi) is 4.69. The summed E-state index contributed by atoms with van der Waals surface area (Å²) in [6.45, 7) is 8.24. The lowest BCUT2D eigenvalue weighted by atomic mass is 9.87. The van der Waals surface area contributed by atoms with Crippen molar-refractivity contribution in [2.24, 2.45) is 7.05 Å². The number of benzene rings is 1. The number of nitrogens with zero attached hydrogens (tertiary/aromatic N) is 4. The Morgan fingerprint density at radius 2 is 1.73 bits per heavy atom. The second-order valence-corrected chi connectivity index (χ2v) is 10.2. The first kappa shape index (κ1) is 20.2. The van der Waals surface area contributed by atoms with Gasteiger partial charge in [-0.3, -0.25) is 9.40 Å². The van der Waals surface area contributed by atoms with E-state index in [1.165, 1.54) is 0 Å². The molecular formula is C22H25N5O2S. The summed E-state index contributed by atoms with van der Waals surface area (Å²) in [6, 6.07) is 12.5. The van der Waals surface area contributed by atoms with Crippen LogP contribution in [0.15, 0.2) is 59.8 Å². The van der Waals surface area contributed by atoms with Crippen molar-refractivity contribution in [2.75, 3.05) is 4.72 Å². The summed E-state index contributed by atoms with van der Waals surface area (Å²) in [5, 5.41) is 8.80. The number of hydrogen-bond donors (Lipinski definition) is 1. The number of hydrogen-bond acceptors (Lipinski definition) is 4. The molecule has 0 aliphatic rings. The van der Waals surface area contributed by atoms with Crippen LogP contribution in [0.1, 0.15) is 31.9 Å². The molecule has 0 saturated heterocycles. The Labute approximate surface area is 176 Å². The molecule has 3 heterocycles. The summed E-state index contributed by atoms with van der Waals surface area (Å²) in [6.07, 6.45) is 3.61. The van der Waals surface area contributed by atoms with Crippen molar-refractivity contribution >= 4 is 21.4 Å². The summed E-state index contributed by atoms with van der Waals surface area (Å²) in [5.41, 5.74) is 4.45. The molecule has 0 fully saturated rings. The highest BCUT2D eigenvalue weighted by atomic mass is 32.2. The van der Waals surface area contributed by atoms with E-state index in [1.807, 2.05) is 44.4 Å². The molecular weight excluding hydrogens is 398 g/mol. The third-order valence-corrected chi connectivity index (χ3v) is 6.47. The van der Waals surface area contributed by atoms with Gasteiger partial charge in [-0.1, -0.05) is 39.0 Å². The van der Waals surface area contributed by atoms with Crippen LogP contribution in [-0.2, 0) is 22.5 Å². The number of sulfonamides is 1. The van der Waals surface area contributed by atoms with E-state index in [-0.39, 0.29) is 10.3 Å². The van der Waals surface area contributed by atoms with E-state index in [2.05, 4.69) is 35.7 Å². The molecule has 0 aliphatic heterocycles. The van der Waals surface area contributed by atoms with Gasteiger partial charge in [0.05, 0.1) is 22.3 Å². The number of aryl methyl sites for hydroxylation is 2. The highest BCUT2D eigenvalue weighted by Crippen LogP contribution is 2.27. The number of aromatic nitrogens is 4. The van der Waals surface area contributed by atoms with Crippen molar-refractivity contribution < 1.29 is 8.42 Å². The van der Waals surface area contributed by atoms with Gasteiger partial charge in [-0.15, -0.1) is 0 Å². The summed E-state index contributed by atoms with van der Waals surface area (Å²) in [5.74, 6) is 0.380. The van der Waals surface area contributed by atoms with Crippen LogP contribution in [0.5, 0.6) is 0 Å². The lowest BCUT2D eigenvalue weighted by Crippen LogP contribution is -2.16. The van der Waals surface area contributed by atoms with Crippen LogP contribution < -0.4 is 4.72 Å². The highest BCUT2D eigenvalue weighted by Gasteiger charge is 2.20. The largest absolute Gasteiger partial charge is 0.275 e. The highest BCUT2D eigenvalue weighted by molar-refractivity contribution is 7.92. The van der Waals surface area contributed by atoms with Crippen molar-refractivity contribution in [2.45, 2.75) is 38.0 Å². The number of anilines is 1. The minimum atomic E-state index is -3.76. The maximum Gasteiger partial charge on any atom is 0.263 e. The van der Waals surface area contributed by atoms with E-state index in [9.17, 15) is 8.42 Å². The number of nitrogens with one attached hydrogen (secondary N) is 1. The molecule has 4 aromatic rings. The zero-order valence-electron chi connectivity index (χ0n) is 17.7. The third kappa shape index (κ3) is 3.70. The lowest BCUT2D eigenvalue weighted by molar-refractivity contribution is 0.587. The van der Waals surface area contributed by atoms with Crippen LogP contribution in [0, 0.1) is 6.92 Å². The molecule has 3 aromatic heterocycles. The predicted octanol–water partition coefficient (Wildman–Crippen LogP) is 4.14. The van der Waals surface area contributed by atoms with Gasteiger partial charge in [-0.2, -0.15) is 10.2 Å². The van der Waals surface area contributed by atoms with Crippen molar-refractivity contribution in [1.29, 1.82) is 0 Å². The zero-order valence-corrected chi connectivity index (χ0v) is 18.5. The minimum Gasteiger partial charge on any atom is -0.275 e. The molecule has 0 radical (unpaired) electrons. The van der Waals surface area contributed by atoms with Crippen LogP contribution in [0.2, 0.25) is 0 Å². The average Bonchev–Trinajstić information content (AvgIpc) is 3.30. The minimum absolute atomic E-state index is 0.0450. The smallest absolute Gasteiger partial charge is 0.263 e. The number of pyridine rings is 1. The van der Waals surface area contributed by atoms with Gasteiger partial charge in [0.1, 0.15) is 5.82 Å². The molecule has 8 heteroatoms. The molecule has 0 saturated carbocycles. The van der Waals surface area contributed by atoms with Gasteiger partial charge in [0.2, 0.25) is 0 Å². The average molecular weight is 424 g/mol. The summed E-state index contributed by atoms with van der Waals surface area (Å²) in [4.78, 5) is 0.212. The summed E-state index contributed by atoms with van der Waals surface area (Å²) < 4.78 is 32.0. The second-order valence-electron chi connectivity index (χ2n) is 8.51. The van der Waals surface area contributed by atoms with Gasteiger partial charge in [-0.05, 0) is 47.7 Å². The maximum absolute atomic E-state index is 13.0. The SMILES string of the molecule is Cc1ccc(NS(=O)(=O)c2ccc(C(C)(C)C)cc2)n2nc(-c3cnn(C)c3)cc12. The molecule has 0 atom stereocenters. The fraction of sp³-hybridized carbons (Fsp3) is 0.273. The van der Waals surface area contributed by atoms with E-state index in [0.29, 0.717) is 5.82 Å². The first-order valence-corrected chi connectivity index (χ1v) is 11.1. The predicted molar refractivity (Wildman–Crippen MR) is 118 cm³/mol. The first-order chi connectivity index (χ1) is 14.0. The second kappa shape index (κ2) is 6.98. The molecule has 0 bridgehead atoms. The molecule has 1 aromatic carbocycles. The van der Waals surface area contributed by atoms with Crippen LogP contribution in [-0.4, -0.2) is 27.8 Å². The van der Waals surface area contributed by atoms with Crippen LogP contribution in [0.4, 0.5) is 5.82 Å². The van der Waals surface area contributed by atoms with Crippen molar-refractivity contribution in [3.63, 3.8) is 0 Å². The van der Waals surface area contributed by atoms with E-state index in [4.69, 9.17) is 0 Å². The molecule has 1 N–H and O–H groups in total. The normalized spacial score (nSPS) is 12.4. The molecule has 30 heavy (non-hydrogen) atoms. The lowest BCUT2D eigenvalue weighted by Gasteiger charge is -2.19. The van der Waals surface area contributed by atoms with E-state index in [0.717, 1.165) is 27.9 Å². The molecule has 0 amide bonds. The Bertz CT molecular complexity index is 1330. The monoisotopic (exact) mass is 423 g/mol. The van der Waals surface area contributed by atoms with Gasteiger partial charge in [-0.25, -0.2) is 12.9 Å². The molecule has 0 aliphatic carbocycles. The van der Waals surface area contributed by atoms with Gasteiger partial charge in [0.25, 0.3) is 10.0 Å². The molecule has 0 spiro atoms. The van der Waals surface area contributed by atoms with Crippen molar-refractivity contribution in [3.8, 4) is 11.3 Å². The topological polar surface area (TPSA) is 81.3 Å². The standard InChI is InChI=1S/C22H25N5O2S/c1-15-6-11-21(27-20(15)12-19(24-27)16-13-23-26(5)14-16)25-30(28,29)18-9-7-17(8-10-18)22(2,3)4/h6-14,25H,1-5H3. The molecule has 0 unspecified atom stereocenters.